The molecular formula is C22H25FN2O3. The zero-order chi connectivity index (χ0) is 20.1. The Bertz CT molecular complexity index is 865. The van der Waals surface area contributed by atoms with Gasteiger partial charge in [0.15, 0.2) is 0 Å². The molecule has 2 amide bonds. The number of hydrogen-bond donors (Lipinski definition) is 1. The largest absolute Gasteiger partial charge is 0.497 e. The smallest absolute Gasteiger partial charge is 0.251 e. The second kappa shape index (κ2) is 8.87. The number of fused-ring (bicyclic) bond motifs is 1. The lowest BCUT2D eigenvalue weighted by Crippen LogP contribution is -2.36. The molecule has 6 heteroatoms. The standard InChI is InChI=1S/C22H25FN2O3/c1-15-13-18(23)14-17-5-4-12-25(21(15)17)20(26)6-3-11-24-22(27)16-7-9-19(28-2)10-8-16/h7-10,13-14H,3-6,11-12H2,1-2H3,(H,24,27). The average Bonchev–Trinajstić information content (AvgIpc) is 2.70. The third kappa shape index (κ3) is 4.50. The number of carbonyl (C=O) groups is 2. The number of ether oxygens (including phenoxy) is 1. The van der Waals surface area contributed by atoms with Crippen molar-refractivity contribution in [3.63, 3.8) is 0 Å². The molecule has 0 unspecified atom stereocenters. The van der Waals surface area contributed by atoms with Gasteiger partial charge < -0.3 is 15.0 Å². The molecule has 148 valence electrons. The third-order valence-corrected chi connectivity index (χ3v) is 4.95. The molecule has 1 aliphatic heterocycles. The van der Waals surface area contributed by atoms with Crippen molar-refractivity contribution in [2.24, 2.45) is 0 Å². The van der Waals surface area contributed by atoms with Crippen LogP contribution in [0.25, 0.3) is 0 Å². The molecule has 2 aromatic carbocycles. The molecular weight excluding hydrogens is 359 g/mol. The lowest BCUT2D eigenvalue weighted by atomic mass is 9.97. The predicted molar refractivity (Wildman–Crippen MR) is 106 cm³/mol. The van der Waals surface area contributed by atoms with Gasteiger partial charge in [0.2, 0.25) is 5.91 Å². The highest BCUT2D eigenvalue weighted by atomic mass is 19.1. The van der Waals surface area contributed by atoms with Crippen LogP contribution >= 0.6 is 0 Å². The summed E-state index contributed by atoms with van der Waals surface area (Å²) in [6.45, 7) is 2.90. The van der Waals surface area contributed by atoms with E-state index >= 15 is 0 Å². The van der Waals surface area contributed by atoms with E-state index in [-0.39, 0.29) is 17.6 Å². The number of nitrogens with one attached hydrogen (secondary N) is 1. The lowest BCUT2D eigenvalue weighted by molar-refractivity contribution is -0.118. The highest BCUT2D eigenvalue weighted by Crippen LogP contribution is 2.32. The van der Waals surface area contributed by atoms with Crippen molar-refractivity contribution in [1.82, 2.24) is 5.32 Å². The van der Waals surface area contributed by atoms with E-state index in [2.05, 4.69) is 5.32 Å². The molecule has 5 nitrogen and oxygen atoms in total. The fraction of sp³-hybridized carbons (Fsp3) is 0.364. The van der Waals surface area contributed by atoms with Crippen LogP contribution in [0.2, 0.25) is 0 Å². The summed E-state index contributed by atoms with van der Waals surface area (Å²) in [4.78, 5) is 26.6. The minimum absolute atomic E-state index is 0.00866. The molecule has 0 aromatic heterocycles. The average molecular weight is 384 g/mol. The first-order valence-corrected chi connectivity index (χ1v) is 9.51. The van der Waals surface area contributed by atoms with Crippen molar-refractivity contribution in [1.29, 1.82) is 0 Å². The molecule has 28 heavy (non-hydrogen) atoms. The second-order valence-corrected chi connectivity index (χ2v) is 6.97. The summed E-state index contributed by atoms with van der Waals surface area (Å²) in [5.74, 6) is 0.269. The van der Waals surface area contributed by atoms with Crippen LogP contribution < -0.4 is 15.0 Å². The topological polar surface area (TPSA) is 58.6 Å². The normalized spacial score (nSPS) is 13.0. The van der Waals surface area contributed by atoms with Gasteiger partial charge in [0.25, 0.3) is 5.91 Å². The third-order valence-electron chi connectivity index (χ3n) is 4.95. The van der Waals surface area contributed by atoms with Crippen molar-refractivity contribution >= 4 is 17.5 Å². The Morgan fingerprint density at radius 1 is 1.21 bits per heavy atom. The molecule has 0 radical (unpaired) electrons. The summed E-state index contributed by atoms with van der Waals surface area (Å²) < 4.78 is 18.7. The van der Waals surface area contributed by atoms with Gasteiger partial charge in [0.1, 0.15) is 11.6 Å². The van der Waals surface area contributed by atoms with Crippen molar-refractivity contribution in [3.8, 4) is 5.75 Å². The SMILES string of the molecule is COc1ccc(C(=O)NCCCC(=O)N2CCCc3cc(F)cc(C)c32)cc1. The Kier molecular flexibility index (Phi) is 6.29. The first-order chi connectivity index (χ1) is 13.5. The van der Waals surface area contributed by atoms with E-state index in [0.29, 0.717) is 37.2 Å². The fourth-order valence-corrected chi connectivity index (χ4v) is 3.59. The monoisotopic (exact) mass is 384 g/mol. The summed E-state index contributed by atoms with van der Waals surface area (Å²) >= 11 is 0. The van der Waals surface area contributed by atoms with Gasteiger partial charge in [-0.2, -0.15) is 0 Å². The number of amides is 2. The van der Waals surface area contributed by atoms with Gasteiger partial charge in [-0.1, -0.05) is 0 Å². The Morgan fingerprint density at radius 3 is 2.68 bits per heavy atom. The van der Waals surface area contributed by atoms with Crippen molar-refractivity contribution in [3.05, 3.63) is 58.9 Å². The summed E-state index contributed by atoms with van der Waals surface area (Å²) in [7, 11) is 1.57. The zero-order valence-electron chi connectivity index (χ0n) is 16.3. The molecule has 3 rings (SSSR count). The van der Waals surface area contributed by atoms with Crippen LogP contribution in [0, 0.1) is 12.7 Å². The van der Waals surface area contributed by atoms with Gasteiger partial charge in [-0.3, -0.25) is 9.59 Å². The van der Waals surface area contributed by atoms with Crippen LogP contribution in [0.1, 0.15) is 40.7 Å². The van der Waals surface area contributed by atoms with Crippen LogP contribution in [0.3, 0.4) is 0 Å². The Morgan fingerprint density at radius 2 is 1.96 bits per heavy atom. The number of benzene rings is 2. The minimum atomic E-state index is -0.258. The van der Waals surface area contributed by atoms with E-state index in [1.54, 1.807) is 36.3 Å². The highest BCUT2D eigenvalue weighted by molar-refractivity contribution is 5.96. The summed E-state index contributed by atoms with van der Waals surface area (Å²) in [6.07, 6.45) is 2.50. The van der Waals surface area contributed by atoms with E-state index in [0.717, 1.165) is 29.7 Å². The number of aryl methyl sites for hydroxylation is 2. The van der Waals surface area contributed by atoms with E-state index < -0.39 is 0 Å². The van der Waals surface area contributed by atoms with Gasteiger partial charge >= 0.3 is 0 Å². The molecule has 0 saturated carbocycles. The van der Waals surface area contributed by atoms with Gasteiger partial charge in [0, 0.05) is 30.8 Å². The number of anilines is 1. The zero-order valence-corrected chi connectivity index (χ0v) is 16.3. The molecule has 0 saturated heterocycles. The molecule has 2 aromatic rings. The van der Waals surface area contributed by atoms with Crippen LogP contribution in [-0.4, -0.2) is 32.0 Å². The van der Waals surface area contributed by atoms with Crippen molar-refractivity contribution < 1.29 is 18.7 Å². The quantitative estimate of drug-likeness (QED) is 0.774. The maximum atomic E-state index is 13.6. The van der Waals surface area contributed by atoms with Crippen molar-refractivity contribution in [2.45, 2.75) is 32.6 Å². The molecule has 0 spiro atoms. The molecule has 0 bridgehead atoms. The highest BCUT2D eigenvalue weighted by Gasteiger charge is 2.24. The molecule has 0 atom stereocenters. The molecule has 1 N–H and O–H groups in total. The fourth-order valence-electron chi connectivity index (χ4n) is 3.59. The van der Waals surface area contributed by atoms with Crippen LogP contribution in [0.15, 0.2) is 36.4 Å². The van der Waals surface area contributed by atoms with Gasteiger partial charge in [0.05, 0.1) is 7.11 Å². The van der Waals surface area contributed by atoms with Crippen molar-refractivity contribution in [2.75, 3.05) is 25.1 Å². The molecule has 0 fully saturated rings. The van der Waals surface area contributed by atoms with E-state index in [1.807, 2.05) is 6.92 Å². The Hall–Kier alpha value is -2.89. The number of halogens is 1. The maximum absolute atomic E-state index is 13.6. The number of hydrogen-bond acceptors (Lipinski definition) is 3. The van der Waals surface area contributed by atoms with Crippen LogP contribution in [0.4, 0.5) is 10.1 Å². The second-order valence-electron chi connectivity index (χ2n) is 6.97. The molecule has 0 aliphatic carbocycles. The van der Waals surface area contributed by atoms with Gasteiger partial charge in [-0.25, -0.2) is 4.39 Å². The summed E-state index contributed by atoms with van der Waals surface area (Å²) in [5.41, 5.74) is 3.08. The van der Waals surface area contributed by atoms with Crippen LogP contribution in [-0.2, 0) is 11.2 Å². The first kappa shape index (κ1) is 19.9. The first-order valence-electron chi connectivity index (χ1n) is 9.51. The van der Waals surface area contributed by atoms with Crippen LogP contribution in [0.5, 0.6) is 5.75 Å². The Labute approximate surface area is 164 Å². The summed E-state index contributed by atoms with van der Waals surface area (Å²) in [6, 6.07) is 9.86. The number of methoxy groups -OCH3 is 1. The number of nitrogens with zero attached hydrogens (tertiary/aromatic N) is 1. The molecule has 1 heterocycles. The van der Waals surface area contributed by atoms with Gasteiger partial charge in [-0.15, -0.1) is 0 Å². The van der Waals surface area contributed by atoms with E-state index in [4.69, 9.17) is 4.74 Å². The van der Waals surface area contributed by atoms with E-state index in [1.165, 1.54) is 12.1 Å². The number of carbonyl (C=O) groups excluding carboxylic acids is 2. The summed E-state index contributed by atoms with van der Waals surface area (Å²) in [5, 5.41) is 2.83. The van der Waals surface area contributed by atoms with Gasteiger partial charge in [-0.05, 0) is 73.7 Å². The predicted octanol–water partition coefficient (Wildman–Crippen LogP) is 3.63. The Balaban J connectivity index is 1.52. The minimum Gasteiger partial charge on any atom is -0.497 e. The molecule has 1 aliphatic rings. The maximum Gasteiger partial charge on any atom is 0.251 e. The lowest BCUT2D eigenvalue weighted by Gasteiger charge is -2.31. The van der Waals surface area contributed by atoms with E-state index in [9.17, 15) is 14.0 Å². The number of rotatable bonds is 6.